The van der Waals surface area contributed by atoms with Gasteiger partial charge in [0.2, 0.25) is 0 Å². The maximum Gasteiger partial charge on any atom is 0.0474 e. The number of nitrogens with one attached hydrogen (secondary N) is 1. The zero-order valence-corrected chi connectivity index (χ0v) is 9.33. The lowest BCUT2D eigenvalue weighted by molar-refractivity contribution is 0.194. The summed E-state index contributed by atoms with van der Waals surface area (Å²) in [6.45, 7) is 6.67. The number of hydrogen-bond donors (Lipinski definition) is 1. The van der Waals surface area contributed by atoms with Crippen molar-refractivity contribution in [2.45, 2.75) is 6.42 Å². The van der Waals surface area contributed by atoms with Gasteiger partial charge in [-0.15, -0.1) is 0 Å². The van der Waals surface area contributed by atoms with Gasteiger partial charge in [0.1, 0.15) is 0 Å². The van der Waals surface area contributed by atoms with E-state index in [1.165, 1.54) is 5.56 Å². The fourth-order valence-electron chi connectivity index (χ4n) is 1.36. The van der Waals surface area contributed by atoms with Gasteiger partial charge in [-0.2, -0.15) is 0 Å². The number of benzene rings is 1. The van der Waals surface area contributed by atoms with Crippen molar-refractivity contribution >= 4 is 5.57 Å². The fraction of sp³-hybridized carbons (Fsp3) is 0.385. The molecule has 0 heterocycles. The van der Waals surface area contributed by atoms with Gasteiger partial charge in [0.05, 0.1) is 0 Å². The van der Waals surface area contributed by atoms with Crippen LogP contribution in [0.1, 0.15) is 12.0 Å². The van der Waals surface area contributed by atoms with Gasteiger partial charge < -0.3 is 10.1 Å². The van der Waals surface area contributed by atoms with Crippen molar-refractivity contribution in [3.63, 3.8) is 0 Å². The summed E-state index contributed by atoms with van der Waals surface area (Å²) in [6.07, 6.45) is 1.04. The molecule has 0 fully saturated rings. The summed E-state index contributed by atoms with van der Waals surface area (Å²) < 4.78 is 4.97. The minimum absolute atomic E-state index is 0.810. The number of rotatable bonds is 7. The average Bonchev–Trinajstić information content (AvgIpc) is 2.30. The monoisotopic (exact) mass is 205 g/mol. The third-order valence-corrected chi connectivity index (χ3v) is 2.22. The fourth-order valence-corrected chi connectivity index (χ4v) is 1.36. The summed E-state index contributed by atoms with van der Waals surface area (Å²) in [5.74, 6) is 0. The zero-order valence-electron chi connectivity index (χ0n) is 9.33. The van der Waals surface area contributed by atoms with E-state index in [0.29, 0.717) is 0 Å². The first-order valence-electron chi connectivity index (χ1n) is 5.27. The van der Waals surface area contributed by atoms with Gasteiger partial charge in [-0.25, -0.2) is 0 Å². The van der Waals surface area contributed by atoms with Crippen molar-refractivity contribution in [2.24, 2.45) is 0 Å². The molecule has 0 saturated heterocycles. The maximum atomic E-state index is 4.97. The quantitative estimate of drug-likeness (QED) is 0.690. The Kier molecular flexibility index (Phi) is 5.74. The summed E-state index contributed by atoms with van der Waals surface area (Å²) >= 11 is 0. The third kappa shape index (κ3) is 4.77. The molecule has 0 aromatic heterocycles. The van der Waals surface area contributed by atoms with E-state index in [4.69, 9.17) is 4.74 Å². The van der Waals surface area contributed by atoms with Gasteiger partial charge in [0, 0.05) is 20.3 Å². The van der Waals surface area contributed by atoms with Crippen LogP contribution in [0, 0.1) is 0 Å². The molecule has 0 amide bonds. The minimum Gasteiger partial charge on any atom is -0.385 e. The van der Waals surface area contributed by atoms with Gasteiger partial charge in [-0.3, -0.25) is 0 Å². The van der Waals surface area contributed by atoms with E-state index in [1.807, 2.05) is 18.2 Å². The van der Waals surface area contributed by atoms with Crippen molar-refractivity contribution in [3.8, 4) is 0 Å². The topological polar surface area (TPSA) is 21.3 Å². The molecular formula is C13H19NO. The van der Waals surface area contributed by atoms with Crippen LogP contribution in [0.25, 0.3) is 5.57 Å². The maximum absolute atomic E-state index is 4.97. The van der Waals surface area contributed by atoms with Crippen molar-refractivity contribution in [1.29, 1.82) is 0 Å². The van der Waals surface area contributed by atoms with Crippen molar-refractivity contribution in [1.82, 2.24) is 5.32 Å². The molecule has 2 nitrogen and oxygen atoms in total. The third-order valence-electron chi connectivity index (χ3n) is 2.22. The van der Waals surface area contributed by atoms with Gasteiger partial charge in [0.15, 0.2) is 0 Å². The predicted molar refractivity (Wildman–Crippen MR) is 64.8 cm³/mol. The Labute approximate surface area is 92.0 Å². The molecule has 0 unspecified atom stereocenters. The highest BCUT2D eigenvalue weighted by atomic mass is 16.5. The molecule has 82 valence electrons. The highest BCUT2D eigenvalue weighted by molar-refractivity contribution is 5.64. The molecule has 0 aliphatic carbocycles. The lowest BCUT2D eigenvalue weighted by Gasteiger charge is -2.07. The predicted octanol–water partition coefficient (Wildman–Crippen LogP) is 2.33. The molecule has 0 radical (unpaired) electrons. The molecule has 0 bridgehead atoms. The van der Waals surface area contributed by atoms with Crippen molar-refractivity contribution in [2.75, 3.05) is 26.8 Å². The second kappa shape index (κ2) is 7.21. The Bertz CT molecular complexity index is 282. The highest BCUT2D eigenvalue weighted by Crippen LogP contribution is 2.09. The van der Waals surface area contributed by atoms with Crippen molar-refractivity contribution in [3.05, 3.63) is 42.5 Å². The zero-order chi connectivity index (χ0) is 10.9. The number of methoxy groups -OCH3 is 1. The number of hydrogen-bond acceptors (Lipinski definition) is 2. The van der Waals surface area contributed by atoms with Gasteiger partial charge in [-0.1, -0.05) is 36.9 Å². The van der Waals surface area contributed by atoms with Crippen LogP contribution >= 0.6 is 0 Å². The second-order valence-electron chi connectivity index (χ2n) is 3.49. The van der Waals surface area contributed by atoms with E-state index < -0.39 is 0 Å². The molecule has 0 saturated carbocycles. The summed E-state index contributed by atoms with van der Waals surface area (Å²) in [6, 6.07) is 10.2. The lowest BCUT2D eigenvalue weighted by atomic mass is 10.1. The van der Waals surface area contributed by atoms with Crippen LogP contribution in [0.15, 0.2) is 36.9 Å². The van der Waals surface area contributed by atoms with Crippen LogP contribution < -0.4 is 5.32 Å². The molecule has 2 heteroatoms. The van der Waals surface area contributed by atoms with Crippen LogP contribution in [0.5, 0.6) is 0 Å². The molecular weight excluding hydrogens is 186 g/mol. The molecule has 1 aromatic rings. The Morgan fingerprint density at radius 1 is 1.33 bits per heavy atom. The molecule has 0 aliphatic heterocycles. The Balaban J connectivity index is 2.20. The molecule has 0 spiro atoms. The lowest BCUT2D eigenvalue weighted by Crippen LogP contribution is -2.18. The summed E-state index contributed by atoms with van der Waals surface area (Å²) in [5.41, 5.74) is 2.34. The first kappa shape index (κ1) is 12.0. The molecule has 15 heavy (non-hydrogen) atoms. The smallest absolute Gasteiger partial charge is 0.0474 e. The molecule has 0 atom stereocenters. The van der Waals surface area contributed by atoms with E-state index in [2.05, 4.69) is 24.0 Å². The molecule has 1 N–H and O–H groups in total. The van der Waals surface area contributed by atoms with E-state index in [0.717, 1.165) is 31.7 Å². The first-order chi connectivity index (χ1) is 7.34. The molecule has 1 rings (SSSR count). The first-order valence-corrected chi connectivity index (χ1v) is 5.27. The molecule has 0 aliphatic rings. The van der Waals surface area contributed by atoms with E-state index in [-0.39, 0.29) is 0 Å². The van der Waals surface area contributed by atoms with E-state index >= 15 is 0 Å². The van der Waals surface area contributed by atoms with Crippen LogP contribution in [-0.2, 0) is 4.74 Å². The van der Waals surface area contributed by atoms with Crippen LogP contribution in [-0.4, -0.2) is 26.8 Å². The number of ether oxygens (including phenoxy) is 1. The summed E-state index contributed by atoms with van der Waals surface area (Å²) in [4.78, 5) is 0. The highest BCUT2D eigenvalue weighted by Gasteiger charge is 1.96. The Hall–Kier alpha value is -1.12. The molecule has 1 aromatic carbocycles. The van der Waals surface area contributed by atoms with Crippen LogP contribution in [0.2, 0.25) is 0 Å². The van der Waals surface area contributed by atoms with Gasteiger partial charge in [0.25, 0.3) is 0 Å². The summed E-state index contributed by atoms with van der Waals surface area (Å²) in [7, 11) is 1.73. The standard InChI is InChI=1S/C13H19NO/c1-12(11-14-9-6-10-15-2)13-7-4-3-5-8-13/h3-5,7-8,14H,1,6,9-11H2,2H3. The van der Waals surface area contributed by atoms with Crippen LogP contribution in [0.4, 0.5) is 0 Å². The Morgan fingerprint density at radius 3 is 2.73 bits per heavy atom. The van der Waals surface area contributed by atoms with Gasteiger partial charge >= 0.3 is 0 Å². The summed E-state index contributed by atoms with van der Waals surface area (Å²) in [5, 5.41) is 3.34. The largest absolute Gasteiger partial charge is 0.385 e. The SMILES string of the molecule is C=C(CNCCCOC)c1ccccc1. The second-order valence-corrected chi connectivity index (χ2v) is 3.49. The minimum atomic E-state index is 0.810. The van der Waals surface area contributed by atoms with Gasteiger partial charge in [-0.05, 0) is 24.1 Å². The Morgan fingerprint density at radius 2 is 2.07 bits per heavy atom. The van der Waals surface area contributed by atoms with E-state index in [1.54, 1.807) is 7.11 Å². The average molecular weight is 205 g/mol. The van der Waals surface area contributed by atoms with Crippen LogP contribution in [0.3, 0.4) is 0 Å². The van der Waals surface area contributed by atoms with E-state index in [9.17, 15) is 0 Å². The normalized spacial score (nSPS) is 10.2. The van der Waals surface area contributed by atoms with Crippen molar-refractivity contribution < 1.29 is 4.74 Å².